The number of fused-ring (bicyclic) bond motifs is 1. The quantitative estimate of drug-likeness (QED) is 0.372. The monoisotopic (exact) mass is 418 g/mol. The van der Waals surface area contributed by atoms with Crippen LogP contribution in [-0.4, -0.2) is 36.8 Å². The van der Waals surface area contributed by atoms with Crippen LogP contribution in [0.25, 0.3) is 10.3 Å². The average molecular weight is 419 g/mol. The highest BCUT2D eigenvalue weighted by molar-refractivity contribution is 9.10. The predicted octanol–water partition coefficient (Wildman–Crippen LogP) is 4.66. The Kier molecular flexibility index (Phi) is 6.04. The lowest BCUT2D eigenvalue weighted by Crippen LogP contribution is -2.22. The Labute approximate surface area is 150 Å². The van der Waals surface area contributed by atoms with E-state index < -0.39 is 8.07 Å². The fourth-order valence-corrected chi connectivity index (χ4v) is 4.59. The molecule has 0 N–H and O–H groups in total. The minimum absolute atomic E-state index is 0.336. The summed E-state index contributed by atoms with van der Waals surface area (Å²) in [6, 6.07) is 1.09. The average Bonchev–Trinajstić information content (AvgIpc) is 2.92. The summed E-state index contributed by atoms with van der Waals surface area (Å²) in [6.07, 6.45) is 0. The van der Waals surface area contributed by atoms with Gasteiger partial charge in [0.25, 0.3) is 0 Å². The van der Waals surface area contributed by atoms with Gasteiger partial charge in [-0.1, -0.05) is 19.6 Å². The maximum atomic E-state index is 12.3. The Hall–Kier alpha value is -0.703. The van der Waals surface area contributed by atoms with Crippen molar-refractivity contribution in [2.75, 3.05) is 13.2 Å². The minimum Gasteiger partial charge on any atom is -0.461 e. The first-order valence-electron chi connectivity index (χ1n) is 7.64. The van der Waals surface area contributed by atoms with Crippen molar-refractivity contribution in [3.63, 3.8) is 0 Å². The van der Waals surface area contributed by atoms with Gasteiger partial charge in [-0.3, -0.25) is 0 Å². The number of hydrogen-bond donors (Lipinski definition) is 0. The van der Waals surface area contributed by atoms with Crippen molar-refractivity contribution in [3.05, 3.63) is 15.2 Å². The van der Waals surface area contributed by atoms with Gasteiger partial charge in [-0.2, -0.15) is 0 Å². The third kappa shape index (κ3) is 4.43. The van der Waals surface area contributed by atoms with Gasteiger partial charge in [-0.25, -0.2) is 9.78 Å². The summed E-state index contributed by atoms with van der Waals surface area (Å²) < 4.78 is 13.6. The summed E-state index contributed by atoms with van der Waals surface area (Å²) in [5, 5.41) is 0.960. The summed E-state index contributed by atoms with van der Waals surface area (Å²) in [6.45, 7) is 12.1. The molecule has 2 heterocycles. The number of thiazole rings is 1. The molecule has 0 aliphatic carbocycles. The van der Waals surface area contributed by atoms with Crippen molar-refractivity contribution in [1.82, 2.24) is 9.55 Å². The molecule has 2 aromatic heterocycles. The highest BCUT2D eigenvalue weighted by Gasteiger charge is 2.25. The number of esters is 1. The van der Waals surface area contributed by atoms with Crippen molar-refractivity contribution in [1.29, 1.82) is 0 Å². The second-order valence-corrected chi connectivity index (χ2v) is 14.1. The molecule has 0 amide bonds. The van der Waals surface area contributed by atoms with E-state index in [1.54, 1.807) is 18.3 Å². The van der Waals surface area contributed by atoms with Crippen LogP contribution in [0.4, 0.5) is 0 Å². The molecule has 8 heteroatoms. The lowest BCUT2D eigenvalue weighted by Gasteiger charge is -2.16. The number of halogens is 1. The van der Waals surface area contributed by atoms with Gasteiger partial charge < -0.3 is 14.0 Å². The van der Waals surface area contributed by atoms with Crippen LogP contribution in [0, 0.1) is 6.92 Å². The normalized spacial score (nSPS) is 12.1. The lowest BCUT2D eigenvalue weighted by atomic mass is 10.4. The molecule has 0 fully saturated rings. The first kappa shape index (κ1) is 18.6. The van der Waals surface area contributed by atoms with Crippen LogP contribution in [0.5, 0.6) is 0 Å². The van der Waals surface area contributed by atoms with Crippen molar-refractivity contribution < 1.29 is 14.3 Å². The van der Waals surface area contributed by atoms with Crippen molar-refractivity contribution in [2.45, 2.75) is 46.3 Å². The van der Waals surface area contributed by atoms with E-state index in [1.165, 1.54) is 0 Å². The van der Waals surface area contributed by atoms with Gasteiger partial charge in [-0.15, -0.1) is 11.3 Å². The van der Waals surface area contributed by atoms with Gasteiger partial charge in [0.15, 0.2) is 0 Å². The highest BCUT2D eigenvalue weighted by Crippen LogP contribution is 2.34. The lowest BCUT2D eigenvalue weighted by molar-refractivity contribution is 0.0477. The zero-order chi connectivity index (χ0) is 17.2. The molecule has 128 valence electrons. The van der Waals surface area contributed by atoms with Gasteiger partial charge in [0.05, 0.1) is 16.1 Å². The summed E-state index contributed by atoms with van der Waals surface area (Å²) in [5.74, 6) is -0.351. The van der Waals surface area contributed by atoms with Gasteiger partial charge >= 0.3 is 5.97 Å². The highest BCUT2D eigenvalue weighted by atomic mass is 79.9. The van der Waals surface area contributed by atoms with Crippen molar-refractivity contribution in [3.8, 4) is 0 Å². The minimum atomic E-state index is -1.13. The number of ether oxygens (including phenoxy) is 2. The molecule has 0 spiro atoms. The Morgan fingerprint density at radius 3 is 2.70 bits per heavy atom. The second kappa shape index (κ2) is 7.46. The first-order chi connectivity index (χ1) is 10.7. The van der Waals surface area contributed by atoms with Crippen LogP contribution in [-0.2, 0) is 16.2 Å². The molecule has 2 rings (SSSR count). The van der Waals surface area contributed by atoms with E-state index in [0.29, 0.717) is 30.1 Å². The van der Waals surface area contributed by atoms with Crippen molar-refractivity contribution >= 4 is 51.7 Å². The van der Waals surface area contributed by atoms with Gasteiger partial charge in [0, 0.05) is 14.7 Å². The molecule has 0 radical (unpaired) electrons. The molecule has 0 bridgehead atoms. The van der Waals surface area contributed by atoms with Crippen molar-refractivity contribution in [2.24, 2.45) is 0 Å². The third-order valence-electron chi connectivity index (χ3n) is 3.33. The first-order valence-corrected chi connectivity index (χ1v) is 13.0. The molecule has 0 aliphatic heterocycles. The van der Waals surface area contributed by atoms with E-state index >= 15 is 0 Å². The fourth-order valence-electron chi connectivity index (χ4n) is 2.13. The summed E-state index contributed by atoms with van der Waals surface area (Å²) in [7, 11) is -1.13. The number of carbonyl (C=O) groups is 1. The van der Waals surface area contributed by atoms with Crippen LogP contribution < -0.4 is 0 Å². The topological polar surface area (TPSA) is 53.3 Å². The smallest absolute Gasteiger partial charge is 0.356 e. The second-order valence-electron chi connectivity index (χ2n) is 6.55. The van der Waals surface area contributed by atoms with Gasteiger partial charge in [-0.05, 0) is 35.8 Å². The molecule has 0 saturated heterocycles. The fraction of sp³-hybridized carbons (Fsp3) is 0.600. The van der Waals surface area contributed by atoms with Crippen LogP contribution in [0.2, 0.25) is 25.7 Å². The van der Waals surface area contributed by atoms with Crippen LogP contribution >= 0.6 is 27.3 Å². The Balaban J connectivity index is 2.27. The SMILES string of the molecule is CCOC(=O)c1c(Br)c2nc(C)sc2n1COCC[Si](C)(C)C. The molecule has 23 heavy (non-hydrogen) atoms. The Morgan fingerprint density at radius 2 is 2.09 bits per heavy atom. The van der Waals surface area contributed by atoms with Gasteiger partial charge in [0.2, 0.25) is 0 Å². The molecule has 0 aliphatic rings. The molecular weight excluding hydrogens is 396 g/mol. The van der Waals surface area contributed by atoms with E-state index in [-0.39, 0.29) is 5.97 Å². The van der Waals surface area contributed by atoms with Gasteiger partial charge in [0.1, 0.15) is 22.8 Å². The number of hydrogen-bond acceptors (Lipinski definition) is 5. The molecular formula is C15H23BrN2O3SSi. The summed E-state index contributed by atoms with van der Waals surface area (Å²) in [5.41, 5.74) is 1.28. The number of aromatic nitrogens is 2. The molecule has 5 nitrogen and oxygen atoms in total. The zero-order valence-corrected chi connectivity index (χ0v) is 17.6. The number of rotatable bonds is 7. The molecule has 2 aromatic rings. The Bertz CT molecular complexity index is 706. The zero-order valence-electron chi connectivity index (χ0n) is 14.2. The molecule has 0 unspecified atom stereocenters. The Morgan fingerprint density at radius 1 is 1.39 bits per heavy atom. The van der Waals surface area contributed by atoms with E-state index in [2.05, 4.69) is 40.6 Å². The number of carbonyl (C=O) groups excluding carboxylic acids is 1. The molecule has 0 aromatic carbocycles. The van der Waals surface area contributed by atoms with Crippen LogP contribution in [0.15, 0.2) is 4.47 Å². The standard InChI is InChI=1S/C15H23BrN2O3SSi/c1-6-21-15(19)13-11(16)12-14(22-10(2)17-12)18(13)9-20-7-8-23(3,4)5/h6-9H2,1-5H3. The van der Waals surface area contributed by atoms with Crippen LogP contribution in [0.1, 0.15) is 22.4 Å². The number of nitrogens with zero attached hydrogens (tertiary/aromatic N) is 2. The van der Waals surface area contributed by atoms with E-state index in [1.807, 2.05) is 11.5 Å². The maximum Gasteiger partial charge on any atom is 0.356 e. The summed E-state index contributed by atoms with van der Waals surface area (Å²) >= 11 is 5.06. The number of aryl methyl sites for hydroxylation is 1. The molecule has 0 atom stereocenters. The third-order valence-corrected chi connectivity index (χ3v) is 6.78. The molecule has 0 saturated carbocycles. The van der Waals surface area contributed by atoms with E-state index in [9.17, 15) is 4.79 Å². The predicted molar refractivity (Wildman–Crippen MR) is 100 cm³/mol. The van der Waals surface area contributed by atoms with E-state index in [0.717, 1.165) is 21.4 Å². The maximum absolute atomic E-state index is 12.3. The van der Waals surface area contributed by atoms with Crippen LogP contribution in [0.3, 0.4) is 0 Å². The largest absolute Gasteiger partial charge is 0.461 e. The van der Waals surface area contributed by atoms with E-state index in [4.69, 9.17) is 9.47 Å². The summed E-state index contributed by atoms with van der Waals surface area (Å²) in [4.78, 5) is 17.7.